The molecule has 1 N–H and O–H groups in total. The number of benzene rings is 1. The minimum Gasteiger partial charge on any atom is -0.333 e. The van der Waals surface area contributed by atoms with E-state index in [1.165, 1.54) is 16.8 Å². The first-order valence-electron chi connectivity index (χ1n) is 8.10. The zero-order valence-corrected chi connectivity index (χ0v) is 13.9. The lowest BCUT2D eigenvalue weighted by Gasteiger charge is -2.09. The van der Waals surface area contributed by atoms with Gasteiger partial charge >= 0.3 is 0 Å². The molecular weight excluding hydrogens is 318 g/mol. The average molecular weight is 337 g/mol. The highest BCUT2D eigenvalue weighted by Gasteiger charge is 2.10. The van der Waals surface area contributed by atoms with Crippen LogP contribution in [0.4, 0.5) is 5.69 Å². The standard InChI is InChI=1S/C18H19N5O2/c1-2-9-23-17(24)7-6-16(21-23)18(25)20-15-5-3-4-14(11-15)12-22-10-8-19-13-22/h3-8,10-11,13H,2,9,12H2,1H3,(H,20,25). The van der Waals surface area contributed by atoms with E-state index in [-0.39, 0.29) is 17.2 Å². The number of carbonyl (C=O) groups is 1. The minimum atomic E-state index is -0.343. The highest BCUT2D eigenvalue weighted by Crippen LogP contribution is 2.13. The third kappa shape index (κ3) is 4.20. The third-order valence-electron chi connectivity index (χ3n) is 3.64. The maximum atomic E-state index is 12.4. The molecule has 1 aromatic carbocycles. The summed E-state index contributed by atoms with van der Waals surface area (Å²) >= 11 is 0. The smallest absolute Gasteiger partial charge is 0.276 e. The van der Waals surface area contributed by atoms with Crippen LogP contribution in [0.3, 0.4) is 0 Å². The van der Waals surface area contributed by atoms with Crippen LogP contribution in [0.15, 0.2) is 59.9 Å². The lowest BCUT2D eigenvalue weighted by Crippen LogP contribution is -2.26. The van der Waals surface area contributed by atoms with E-state index in [0.29, 0.717) is 18.8 Å². The number of amides is 1. The predicted octanol–water partition coefficient (Wildman–Crippen LogP) is 2.15. The van der Waals surface area contributed by atoms with E-state index in [9.17, 15) is 9.59 Å². The van der Waals surface area contributed by atoms with Gasteiger partial charge in [-0.25, -0.2) is 9.67 Å². The summed E-state index contributed by atoms with van der Waals surface area (Å²) < 4.78 is 3.26. The highest BCUT2D eigenvalue weighted by atomic mass is 16.2. The molecule has 3 rings (SSSR count). The summed E-state index contributed by atoms with van der Waals surface area (Å²) in [5.41, 5.74) is 1.73. The largest absolute Gasteiger partial charge is 0.333 e. The second-order valence-corrected chi connectivity index (χ2v) is 5.67. The number of hydrogen-bond donors (Lipinski definition) is 1. The molecule has 0 fully saturated rings. The van der Waals surface area contributed by atoms with Gasteiger partial charge in [0.2, 0.25) is 0 Å². The van der Waals surface area contributed by atoms with Crippen LogP contribution in [0.5, 0.6) is 0 Å². The quantitative estimate of drug-likeness (QED) is 0.747. The molecule has 0 saturated heterocycles. The van der Waals surface area contributed by atoms with Gasteiger partial charge in [-0.05, 0) is 30.2 Å². The molecule has 2 heterocycles. The Kier molecular flexibility index (Phi) is 5.03. The summed E-state index contributed by atoms with van der Waals surface area (Å²) in [4.78, 5) is 28.1. The van der Waals surface area contributed by atoms with Crippen molar-refractivity contribution in [1.82, 2.24) is 19.3 Å². The molecule has 3 aromatic rings. The van der Waals surface area contributed by atoms with Crippen LogP contribution in [0, 0.1) is 0 Å². The maximum Gasteiger partial charge on any atom is 0.276 e. The fraction of sp³-hybridized carbons (Fsp3) is 0.222. The summed E-state index contributed by atoms with van der Waals surface area (Å²) in [6.45, 7) is 3.11. The van der Waals surface area contributed by atoms with Crippen molar-refractivity contribution in [3.05, 3.63) is 76.7 Å². The van der Waals surface area contributed by atoms with E-state index in [0.717, 1.165) is 12.0 Å². The van der Waals surface area contributed by atoms with Crippen molar-refractivity contribution in [2.75, 3.05) is 5.32 Å². The Morgan fingerprint density at radius 1 is 1.24 bits per heavy atom. The molecule has 0 aliphatic heterocycles. The van der Waals surface area contributed by atoms with Crippen LogP contribution in [0.2, 0.25) is 0 Å². The molecule has 128 valence electrons. The molecule has 0 saturated carbocycles. The molecule has 7 nitrogen and oxygen atoms in total. The van der Waals surface area contributed by atoms with Gasteiger partial charge in [0.25, 0.3) is 11.5 Å². The molecule has 1 amide bonds. The highest BCUT2D eigenvalue weighted by molar-refractivity contribution is 6.02. The summed E-state index contributed by atoms with van der Waals surface area (Å²) in [5, 5.41) is 6.95. The number of rotatable bonds is 6. The molecule has 0 atom stereocenters. The summed E-state index contributed by atoms with van der Waals surface area (Å²) in [5.74, 6) is -0.343. The van der Waals surface area contributed by atoms with Crippen molar-refractivity contribution in [3.8, 4) is 0 Å². The number of anilines is 1. The molecule has 7 heteroatoms. The van der Waals surface area contributed by atoms with Gasteiger partial charge in [0.05, 0.1) is 6.33 Å². The van der Waals surface area contributed by atoms with E-state index in [4.69, 9.17) is 0 Å². The Morgan fingerprint density at radius 3 is 2.88 bits per heavy atom. The number of aryl methyl sites for hydroxylation is 1. The number of nitrogens with one attached hydrogen (secondary N) is 1. The second kappa shape index (κ2) is 7.57. The Morgan fingerprint density at radius 2 is 2.12 bits per heavy atom. The lowest BCUT2D eigenvalue weighted by molar-refractivity contribution is 0.102. The van der Waals surface area contributed by atoms with E-state index in [2.05, 4.69) is 15.4 Å². The van der Waals surface area contributed by atoms with Gasteiger partial charge in [0.1, 0.15) is 5.69 Å². The Balaban J connectivity index is 1.74. The summed E-state index contributed by atoms with van der Waals surface area (Å²) in [6, 6.07) is 10.4. The number of hydrogen-bond acceptors (Lipinski definition) is 4. The number of nitrogens with zero attached hydrogens (tertiary/aromatic N) is 4. The van der Waals surface area contributed by atoms with Crippen molar-refractivity contribution in [3.63, 3.8) is 0 Å². The van der Waals surface area contributed by atoms with E-state index >= 15 is 0 Å². The predicted molar refractivity (Wildman–Crippen MR) is 94.5 cm³/mol. The van der Waals surface area contributed by atoms with E-state index < -0.39 is 0 Å². The molecular formula is C18H19N5O2. The van der Waals surface area contributed by atoms with Gasteiger partial charge in [-0.2, -0.15) is 5.10 Å². The molecule has 0 aliphatic carbocycles. The van der Waals surface area contributed by atoms with Gasteiger partial charge in [-0.1, -0.05) is 19.1 Å². The van der Waals surface area contributed by atoms with Gasteiger partial charge in [0, 0.05) is 37.2 Å². The van der Waals surface area contributed by atoms with Gasteiger partial charge in [-0.15, -0.1) is 0 Å². The van der Waals surface area contributed by atoms with Crippen molar-refractivity contribution in [2.45, 2.75) is 26.4 Å². The van der Waals surface area contributed by atoms with Crippen LogP contribution in [-0.4, -0.2) is 25.2 Å². The van der Waals surface area contributed by atoms with Gasteiger partial charge in [-0.3, -0.25) is 9.59 Å². The second-order valence-electron chi connectivity index (χ2n) is 5.67. The zero-order chi connectivity index (χ0) is 17.6. The van der Waals surface area contributed by atoms with Crippen molar-refractivity contribution < 1.29 is 4.79 Å². The van der Waals surface area contributed by atoms with Crippen LogP contribution >= 0.6 is 0 Å². The average Bonchev–Trinajstić information content (AvgIpc) is 3.10. The fourth-order valence-electron chi connectivity index (χ4n) is 2.48. The van der Waals surface area contributed by atoms with Crippen LogP contribution < -0.4 is 10.9 Å². The molecule has 0 spiro atoms. The molecule has 0 radical (unpaired) electrons. The van der Waals surface area contributed by atoms with Crippen LogP contribution in [0.1, 0.15) is 29.4 Å². The fourth-order valence-corrected chi connectivity index (χ4v) is 2.48. The maximum absolute atomic E-state index is 12.4. The normalized spacial score (nSPS) is 10.6. The summed E-state index contributed by atoms with van der Waals surface area (Å²) in [7, 11) is 0. The molecule has 25 heavy (non-hydrogen) atoms. The van der Waals surface area contributed by atoms with E-state index in [1.54, 1.807) is 12.5 Å². The van der Waals surface area contributed by atoms with Gasteiger partial charge < -0.3 is 9.88 Å². The molecule has 0 aliphatic rings. The molecule has 0 bridgehead atoms. The van der Waals surface area contributed by atoms with Gasteiger partial charge in [0.15, 0.2) is 0 Å². The SMILES string of the molecule is CCCn1nc(C(=O)Nc2cccc(Cn3ccnc3)c2)ccc1=O. The molecule has 2 aromatic heterocycles. The monoisotopic (exact) mass is 337 g/mol. The Labute approximate surface area is 144 Å². The third-order valence-corrected chi connectivity index (χ3v) is 3.64. The Bertz CT molecular complexity index is 915. The first kappa shape index (κ1) is 16.6. The molecule has 0 unspecified atom stereocenters. The number of imidazole rings is 1. The Hall–Kier alpha value is -3.22. The minimum absolute atomic E-state index is 0.208. The van der Waals surface area contributed by atoms with Crippen LogP contribution in [0.25, 0.3) is 0 Å². The lowest BCUT2D eigenvalue weighted by atomic mass is 10.2. The summed E-state index contributed by atoms with van der Waals surface area (Å²) in [6.07, 6.45) is 6.12. The number of aromatic nitrogens is 4. The first-order chi connectivity index (χ1) is 12.2. The first-order valence-corrected chi connectivity index (χ1v) is 8.10. The zero-order valence-electron chi connectivity index (χ0n) is 13.9. The van der Waals surface area contributed by atoms with Crippen molar-refractivity contribution >= 4 is 11.6 Å². The van der Waals surface area contributed by atoms with Crippen molar-refractivity contribution in [1.29, 1.82) is 0 Å². The topological polar surface area (TPSA) is 81.8 Å². The van der Waals surface area contributed by atoms with Crippen LogP contribution in [-0.2, 0) is 13.1 Å². The van der Waals surface area contributed by atoms with E-state index in [1.807, 2.05) is 42.0 Å². The number of carbonyl (C=O) groups excluding carboxylic acids is 1. The van der Waals surface area contributed by atoms with Crippen molar-refractivity contribution in [2.24, 2.45) is 0 Å².